The van der Waals surface area contributed by atoms with Gasteiger partial charge in [0, 0.05) is 11.6 Å². The van der Waals surface area contributed by atoms with Crippen LogP contribution >= 0.6 is 0 Å². The third-order valence-electron chi connectivity index (χ3n) is 3.20. The number of ether oxygens (including phenoxy) is 4. The summed E-state index contributed by atoms with van der Waals surface area (Å²) in [4.78, 5) is 12.1. The molecule has 5 nitrogen and oxygen atoms in total. The lowest BCUT2D eigenvalue weighted by molar-refractivity contribution is -0.129. The van der Waals surface area contributed by atoms with Crippen LogP contribution in [0.15, 0.2) is 48.5 Å². The number of hydrogen-bond acceptors (Lipinski definition) is 5. The maximum atomic E-state index is 12.1. The van der Waals surface area contributed by atoms with Crippen molar-refractivity contribution in [1.82, 2.24) is 0 Å². The van der Waals surface area contributed by atoms with Gasteiger partial charge in [-0.15, -0.1) is 0 Å². The van der Waals surface area contributed by atoms with E-state index >= 15 is 0 Å². The smallest absolute Gasteiger partial charge is 0.336 e. The first-order valence-corrected chi connectivity index (χ1v) is 7.51. The fraction of sp³-hybridized carbons (Fsp3) is 0.211. The zero-order valence-electron chi connectivity index (χ0n) is 13.9. The highest BCUT2D eigenvalue weighted by Gasteiger charge is 2.08. The fourth-order valence-electron chi connectivity index (χ4n) is 2.08. The minimum Gasteiger partial charge on any atom is -0.497 e. The first-order chi connectivity index (χ1) is 11.7. The molecular weight excluding hydrogens is 308 g/mol. The maximum Gasteiger partial charge on any atom is 0.336 e. The molecule has 0 aliphatic heterocycles. The molecule has 126 valence electrons. The second kappa shape index (κ2) is 8.62. The number of carbonyl (C=O) groups is 1. The van der Waals surface area contributed by atoms with Crippen LogP contribution in [-0.2, 0) is 4.79 Å². The molecule has 0 atom stereocenters. The number of esters is 1. The van der Waals surface area contributed by atoms with Crippen molar-refractivity contribution in [3.63, 3.8) is 0 Å². The lowest BCUT2D eigenvalue weighted by Crippen LogP contribution is -2.05. The highest BCUT2D eigenvalue weighted by Crippen LogP contribution is 2.27. The molecule has 0 fully saturated rings. The topological polar surface area (TPSA) is 54.0 Å². The number of para-hydroxylation sites is 2. The Morgan fingerprint density at radius 1 is 1.00 bits per heavy atom. The van der Waals surface area contributed by atoms with Crippen LogP contribution in [0.5, 0.6) is 23.0 Å². The zero-order chi connectivity index (χ0) is 17.4. The van der Waals surface area contributed by atoms with Gasteiger partial charge in [-0.05, 0) is 43.3 Å². The lowest BCUT2D eigenvalue weighted by atomic mass is 10.1. The van der Waals surface area contributed by atoms with E-state index in [1.807, 2.05) is 13.0 Å². The van der Waals surface area contributed by atoms with Crippen molar-refractivity contribution in [2.24, 2.45) is 0 Å². The maximum absolute atomic E-state index is 12.1. The van der Waals surface area contributed by atoms with Gasteiger partial charge in [-0.2, -0.15) is 0 Å². The van der Waals surface area contributed by atoms with Gasteiger partial charge in [0.25, 0.3) is 0 Å². The van der Waals surface area contributed by atoms with E-state index in [-0.39, 0.29) is 0 Å². The molecule has 2 rings (SSSR count). The standard InChI is InChI=1S/C19H20O5/c1-4-23-17-7-5-6-8-18(17)24-19(20)12-9-14-13-15(21-2)10-11-16(14)22-3/h5-13H,4H2,1-3H3/b12-9+. The molecule has 0 aliphatic carbocycles. The summed E-state index contributed by atoms with van der Waals surface area (Å²) in [6.45, 7) is 2.36. The van der Waals surface area contributed by atoms with E-state index in [0.29, 0.717) is 35.2 Å². The molecule has 24 heavy (non-hydrogen) atoms. The predicted octanol–water partition coefficient (Wildman–Crippen LogP) is 3.72. The average molecular weight is 328 g/mol. The molecular formula is C19H20O5. The summed E-state index contributed by atoms with van der Waals surface area (Å²) in [5.74, 6) is 1.71. The summed E-state index contributed by atoms with van der Waals surface area (Å²) >= 11 is 0. The van der Waals surface area contributed by atoms with Crippen LogP contribution in [0.2, 0.25) is 0 Å². The van der Waals surface area contributed by atoms with Crippen molar-refractivity contribution in [3.05, 3.63) is 54.1 Å². The van der Waals surface area contributed by atoms with Crippen molar-refractivity contribution in [2.75, 3.05) is 20.8 Å². The van der Waals surface area contributed by atoms with Gasteiger partial charge in [0.05, 0.1) is 20.8 Å². The van der Waals surface area contributed by atoms with Crippen molar-refractivity contribution >= 4 is 12.0 Å². The number of benzene rings is 2. The van der Waals surface area contributed by atoms with Crippen molar-refractivity contribution in [1.29, 1.82) is 0 Å². The van der Waals surface area contributed by atoms with Crippen LogP contribution in [-0.4, -0.2) is 26.8 Å². The average Bonchev–Trinajstić information content (AvgIpc) is 2.61. The monoisotopic (exact) mass is 328 g/mol. The number of carbonyl (C=O) groups excluding carboxylic acids is 1. The molecule has 0 aliphatic rings. The molecule has 0 radical (unpaired) electrons. The van der Waals surface area contributed by atoms with Crippen LogP contribution in [0.25, 0.3) is 6.08 Å². The van der Waals surface area contributed by atoms with Crippen LogP contribution in [0.1, 0.15) is 12.5 Å². The van der Waals surface area contributed by atoms with Crippen LogP contribution < -0.4 is 18.9 Å². The molecule has 2 aromatic carbocycles. The van der Waals surface area contributed by atoms with Crippen LogP contribution in [0.4, 0.5) is 0 Å². The summed E-state index contributed by atoms with van der Waals surface area (Å²) in [5, 5.41) is 0. The summed E-state index contributed by atoms with van der Waals surface area (Å²) in [6.07, 6.45) is 2.95. The molecule has 0 amide bonds. The highest BCUT2D eigenvalue weighted by atomic mass is 16.6. The third kappa shape index (κ3) is 4.52. The van der Waals surface area contributed by atoms with Crippen LogP contribution in [0.3, 0.4) is 0 Å². The van der Waals surface area contributed by atoms with E-state index < -0.39 is 5.97 Å². The second-order valence-corrected chi connectivity index (χ2v) is 4.74. The van der Waals surface area contributed by atoms with Gasteiger partial charge in [0.1, 0.15) is 11.5 Å². The number of methoxy groups -OCH3 is 2. The van der Waals surface area contributed by atoms with Gasteiger partial charge in [0.15, 0.2) is 11.5 Å². The Morgan fingerprint density at radius 2 is 1.75 bits per heavy atom. The molecule has 0 aromatic heterocycles. The molecule has 0 heterocycles. The van der Waals surface area contributed by atoms with E-state index in [4.69, 9.17) is 18.9 Å². The molecule has 0 saturated heterocycles. The first kappa shape index (κ1) is 17.4. The Hall–Kier alpha value is -2.95. The third-order valence-corrected chi connectivity index (χ3v) is 3.20. The van der Waals surface area contributed by atoms with Crippen molar-refractivity contribution < 1.29 is 23.7 Å². The van der Waals surface area contributed by atoms with Gasteiger partial charge in [-0.1, -0.05) is 12.1 Å². The van der Waals surface area contributed by atoms with E-state index in [1.165, 1.54) is 6.08 Å². The largest absolute Gasteiger partial charge is 0.497 e. The molecule has 0 N–H and O–H groups in total. The van der Waals surface area contributed by atoms with Crippen LogP contribution in [0, 0.1) is 0 Å². The molecule has 0 saturated carbocycles. The predicted molar refractivity (Wildman–Crippen MR) is 91.8 cm³/mol. The summed E-state index contributed by atoms with van der Waals surface area (Å²) in [7, 11) is 3.14. The minimum absolute atomic E-state index is 0.381. The van der Waals surface area contributed by atoms with Gasteiger partial charge in [-0.3, -0.25) is 0 Å². The Morgan fingerprint density at radius 3 is 2.42 bits per heavy atom. The Labute approximate surface area is 141 Å². The SMILES string of the molecule is CCOc1ccccc1OC(=O)/C=C/c1cc(OC)ccc1OC. The summed E-state index contributed by atoms with van der Waals surface area (Å²) in [6, 6.07) is 12.4. The molecule has 0 unspecified atom stereocenters. The summed E-state index contributed by atoms with van der Waals surface area (Å²) < 4.78 is 21.2. The number of hydrogen-bond donors (Lipinski definition) is 0. The minimum atomic E-state index is -0.507. The van der Waals surface area contributed by atoms with E-state index in [2.05, 4.69) is 0 Å². The van der Waals surface area contributed by atoms with Gasteiger partial charge >= 0.3 is 5.97 Å². The highest BCUT2D eigenvalue weighted by molar-refractivity contribution is 5.89. The Kier molecular flexibility index (Phi) is 6.25. The molecule has 0 spiro atoms. The summed E-state index contributed by atoms with van der Waals surface area (Å²) in [5.41, 5.74) is 0.715. The van der Waals surface area contributed by atoms with Crippen molar-refractivity contribution in [3.8, 4) is 23.0 Å². The van der Waals surface area contributed by atoms with Crippen molar-refractivity contribution in [2.45, 2.75) is 6.92 Å². The van der Waals surface area contributed by atoms with E-state index in [1.54, 1.807) is 56.7 Å². The quantitative estimate of drug-likeness (QED) is 0.440. The Balaban J connectivity index is 2.14. The Bertz CT molecular complexity index is 721. The van der Waals surface area contributed by atoms with Gasteiger partial charge < -0.3 is 18.9 Å². The molecule has 2 aromatic rings. The molecule has 0 bridgehead atoms. The first-order valence-electron chi connectivity index (χ1n) is 7.51. The van der Waals surface area contributed by atoms with E-state index in [9.17, 15) is 4.79 Å². The van der Waals surface area contributed by atoms with E-state index in [0.717, 1.165) is 0 Å². The second-order valence-electron chi connectivity index (χ2n) is 4.74. The normalized spacial score (nSPS) is 10.5. The molecule has 5 heteroatoms. The van der Waals surface area contributed by atoms with Gasteiger partial charge in [-0.25, -0.2) is 4.79 Å². The lowest BCUT2D eigenvalue weighted by Gasteiger charge is -2.09. The number of rotatable bonds is 7. The van der Waals surface area contributed by atoms with Gasteiger partial charge in [0.2, 0.25) is 0 Å². The fourth-order valence-corrected chi connectivity index (χ4v) is 2.08. The zero-order valence-corrected chi connectivity index (χ0v) is 13.9.